The van der Waals surface area contributed by atoms with Gasteiger partial charge in [0.15, 0.2) is 0 Å². The maximum Gasteiger partial charge on any atom is 0.264 e. The average Bonchev–Trinajstić information content (AvgIpc) is 3.62. The molecule has 0 aliphatic heterocycles. The number of sulfonamides is 1. The van der Waals surface area contributed by atoms with Crippen LogP contribution in [0.25, 0.3) is 0 Å². The number of carbonyl (C=O) groups excluding carboxylic acids is 2. The Hall–Kier alpha value is -4.54. The van der Waals surface area contributed by atoms with Crippen molar-refractivity contribution < 1.29 is 27.5 Å². The number of carbonyl (C=O) groups is 2. The zero-order chi connectivity index (χ0) is 34.1. The SMILES string of the molecule is COc1ccc(S(=O)(=O)N(CC(=O)N(Cc2cccc(Cl)c2)[C@H](Cc2ccccc2)C(=O)NC2CCCC2)c2ccccc2OC)cc1. The zero-order valence-corrected chi connectivity index (χ0v) is 28.6. The van der Waals surface area contributed by atoms with E-state index in [4.69, 9.17) is 21.1 Å². The highest BCUT2D eigenvalue weighted by atomic mass is 35.5. The number of amides is 2. The Bertz CT molecular complexity index is 1800. The molecule has 9 nitrogen and oxygen atoms in total. The van der Waals surface area contributed by atoms with Crippen LogP contribution in [0.15, 0.2) is 108 Å². The largest absolute Gasteiger partial charge is 0.497 e. The fourth-order valence-electron chi connectivity index (χ4n) is 5.98. The summed E-state index contributed by atoms with van der Waals surface area (Å²) in [6, 6.07) is 28.2. The van der Waals surface area contributed by atoms with Gasteiger partial charge in [0.2, 0.25) is 11.8 Å². The van der Waals surface area contributed by atoms with E-state index in [2.05, 4.69) is 5.32 Å². The number of hydrogen-bond donors (Lipinski definition) is 1. The summed E-state index contributed by atoms with van der Waals surface area (Å²) in [5.41, 5.74) is 1.74. The van der Waals surface area contributed by atoms with E-state index >= 15 is 0 Å². The summed E-state index contributed by atoms with van der Waals surface area (Å²) in [4.78, 5) is 30.3. The van der Waals surface area contributed by atoms with Crippen LogP contribution in [0.3, 0.4) is 0 Å². The molecule has 0 spiro atoms. The van der Waals surface area contributed by atoms with Crippen LogP contribution in [-0.2, 0) is 32.6 Å². The van der Waals surface area contributed by atoms with Gasteiger partial charge in [0.05, 0.1) is 24.8 Å². The topological polar surface area (TPSA) is 105 Å². The lowest BCUT2D eigenvalue weighted by atomic mass is 10.0. The van der Waals surface area contributed by atoms with E-state index in [-0.39, 0.29) is 41.2 Å². The van der Waals surface area contributed by atoms with Gasteiger partial charge in [-0.15, -0.1) is 0 Å². The van der Waals surface area contributed by atoms with Gasteiger partial charge in [0.25, 0.3) is 10.0 Å². The first-order valence-corrected chi connectivity index (χ1v) is 17.7. The molecule has 0 heterocycles. The molecule has 0 bridgehead atoms. The lowest BCUT2D eigenvalue weighted by Gasteiger charge is -2.34. The molecule has 1 aliphatic rings. The van der Waals surface area contributed by atoms with Crippen LogP contribution in [0.4, 0.5) is 5.69 Å². The van der Waals surface area contributed by atoms with Crippen LogP contribution >= 0.6 is 11.6 Å². The molecule has 1 saturated carbocycles. The second-order valence-corrected chi connectivity index (χ2v) is 14.0. The van der Waals surface area contributed by atoms with E-state index in [1.165, 1.54) is 31.3 Å². The molecule has 1 atom stereocenters. The van der Waals surface area contributed by atoms with E-state index in [1.807, 2.05) is 36.4 Å². The highest BCUT2D eigenvalue weighted by Crippen LogP contribution is 2.33. The molecule has 0 unspecified atom stereocenters. The van der Waals surface area contributed by atoms with Crippen molar-refractivity contribution in [1.29, 1.82) is 0 Å². The van der Waals surface area contributed by atoms with Crippen molar-refractivity contribution in [3.8, 4) is 11.5 Å². The minimum absolute atomic E-state index is 0.0134. The van der Waals surface area contributed by atoms with Gasteiger partial charge in [0.1, 0.15) is 24.1 Å². The van der Waals surface area contributed by atoms with Crippen molar-refractivity contribution in [1.82, 2.24) is 10.2 Å². The Balaban J connectivity index is 1.59. The van der Waals surface area contributed by atoms with E-state index in [0.29, 0.717) is 16.3 Å². The van der Waals surface area contributed by atoms with E-state index in [9.17, 15) is 18.0 Å². The summed E-state index contributed by atoms with van der Waals surface area (Å²) in [7, 11) is -1.38. The van der Waals surface area contributed by atoms with Crippen molar-refractivity contribution >= 4 is 39.1 Å². The number of halogens is 1. The fourth-order valence-corrected chi connectivity index (χ4v) is 7.62. The van der Waals surface area contributed by atoms with Crippen molar-refractivity contribution in [3.63, 3.8) is 0 Å². The Labute approximate surface area is 287 Å². The number of benzene rings is 4. The molecule has 4 aromatic rings. The van der Waals surface area contributed by atoms with Crippen LogP contribution in [0, 0.1) is 0 Å². The third-order valence-corrected chi connectivity index (χ3v) is 10.5. The predicted molar refractivity (Wildman–Crippen MR) is 187 cm³/mol. The van der Waals surface area contributed by atoms with Crippen LogP contribution in [0.1, 0.15) is 36.8 Å². The van der Waals surface area contributed by atoms with Gasteiger partial charge in [-0.25, -0.2) is 8.42 Å². The molecule has 48 heavy (non-hydrogen) atoms. The predicted octanol–water partition coefficient (Wildman–Crippen LogP) is 6.25. The van der Waals surface area contributed by atoms with Gasteiger partial charge >= 0.3 is 0 Å². The summed E-state index contributed by atoms with van der Waals surface area (Å²) < 4.78 is 40.5. The summed E-state index contributed by atoms with van der Waals surface area (Å²) in [5, 5.41) is 3.66. The number of ether oxygens (including phenoxy) is 2. The third-order valence-electron chi connectivity index (χ3n) is 8.49. The molecule has 2 amide bonds. The van der Waals surface area contributed by atoms with Crippen LogP contribution in [0.5, 0.6) is 11.5 Å². The minimum atomic E-state index is -4.31. The fraction of sp³-hybridized carbons (Fsp3) is 0.297. The number of nitrogens with one attached hydrogen (secondary N) is 1. The molecule has 5 rings (SSSR count). The molecule has 1 fully saturated rings. The maximum atomic E-state index is 14.7. The van der Waals surface area contributed by atoms with Crippen molar-refractivity contribution in [3.05, 3.63) is 119 Å². The molecule has 0 radical (unpaired) electrons. The number of methoxy groups -OCH3 is 2. The van der Waals surface area contributed by atoms with Crippen molar-refractivity contribution in [2.45, 2.75) is 55.6 Å². The maximum absolute atomic E-state index is 14.7. The molecule has 11 heteroatoms. The van der Waals surface area contributed by atoms with Crippen LogP contribution in [0.2, 0.25) is 5.02 Å². The second kappa shape index (κ2) is 16.0. The number of para-hydroxylation sites is 2. The molecule has 0 saturated heterocycles. The standard InChI is InChI=1S/C37H40ClN3O6S/c1-46-31-19-21-32(22-20-31)48(44,45)41(33-17-8-9-18-35(33)47-2)26-36(42)40(25-28-13-10-14-29(38)23-28)34(24-27-11-4-3-5-12-27)37(43)39-30-15-6-7-16-30/h3-5,8-14,17-23,30,34H,6-7,15-16,24-26H2,1-2H3,(H,39,43)/t34-/m1/s1. The summed E-state index contributed by atoms with van der Waals surface area (Å²) in [6.07, 6.45) is 4.01. The number of rotatable bonds is 14. The quantitative estimate of drug-likeness (QED) is 0.168. The molecule has 252 valence electrons. The van der Waals surface area contributed by atoms with Crippen LogP contribution in [-0.4, -0.2) is 58.0 Å². The third kappa shape index (κ3) is 8.48. The van der Waals surface area contributed by atoms with Gasteiger partial charge in [0, 0.05) is 24.0 Å². The normalized spacial score (nSPS) is 13.8. The number of hydrogen-bond acceptors (Lipinski definition) is 6. The lowest BCUT2D eigenvalue weighted by molar-refractivity contribution is -0.140. The summed E-state index contributed by atoms with van der Waals surface area (Å²) in [5.74, 6) is -0.106. The Morgan fingerprint density at radius 2 is 1.52 bits per heavy atom. The zero-order valence-electron chi connectivity index (χ0n) is 27.0. The van der Waals surface area contributed by atoms with Gasteiger partial charge in [-0.2, -0.15) is 0 Å². The van der Waals surface area contributed by atoms with E-state index in [0.717, 1.165) is 35.6 Å². The minimum Gasteiger partial charge on any atom is -0.497 e. The van der Waals surface area contributed by atoms with Gasteiger partial charge < -0.3 is 19.7 Å². The Kier molecular flexibility index (Phi) is 11.6. The molecule has 1 N–H and O–H groups in total. The number of anilines is 1. The van der Waals surface area contributed by atoms with E-state index < -0.39 is 28.5 Å². The van der Waals surface area contributed by atoms with E-state index in [1.54, 1.807) is 54.6 Å². The highest BCUT2D eigenvalue weighted by molar-refractivity contribution is 7.92. The summed E-state index contributed by atoms with van der Waals surface area (Å²) in [6.45, 7) is -0.575. The molecular formula is C37H40ClN3O6S. The number of nitrogens with zero attached hydrogens (tertiary/aromatic N) is 2. The average molecular weight is 690 g/mol. The first-order chi connectivity index (χ1) is 23.2. The first-order valence-electron chi connectivity index (χ1n) is 15.9. The van der Waals surface area contributed by atoms with Gasteiger partial charge in [-0.3, -0.25) is 13.9 Å². The first kappa shape index (κ1) is 34.8. The highest BCUT2D eigenvalue weighted by Gasteiger charge is 2.36. The van der Waals surface area contributed by atoms with Crippen molar-refractivity contribution in [2.24, 2.45) is 0 Å². The lowest BCUT2D eigenvalue weighted by Crippen LogP contribution is -2.54. The monoisotopic (exact) mass is 689 g/mol. The molecule has 4 aromatic carbocycles. The van der Waals surface area contributed by atoms with Crippen LogP contribution < -0.4 is 19.1 Å². The van der Waals surface area contributed by atoms with Gasteiger partial charge in [-0.1, -0.05) is 79.0 Å². The molecule has 0 aromatic heterocycles. The Morgan fingerprint density at radius 3 is 2.19 bits per heavy atom. The molecular weight excluding hydrogens is 650 g/mol. The summed E-state index contributed by atoms with van der Waals surface area (Å²) >= 11 is 6.35. The second-order valence-electron chi connectivity index (χ2n) is 11.7. The van der Waals surface area contributed by atoms with Crippen molar-refractivity contribution in [2.75, 3.05) is 25.1 Å². The molecule has 1 aliphatic carbocycles. The van der Waals surface area contributed by atoms with Gasteiger partial charge in [-0.05, 0) is 72.5 Å². The smallest absolute Gasteiger partial charge is 0.264 e. The Morgan fingerprint density at radius 1 is 0.854 bits per heavy atom.